The molecule has 3 nitrogen and oxygen atoms in total. The molecule has 0 amide bonds. The van der Waals surface area contributed by atoms with E-state index in [1.807, 2.05) is 0 Å². The van der Waals surface area contributed by atoms with Gasteiger partial charge in [0.15, 0.2) is 0 Å². The third kappa shape index (κ3) is 2.58. The maximum Gasteiger partial charge on any atom is 0.0229 e. The first kappa shape index (κ1) is 12.3. The molecule has 2 fully saturated rings. The van der Waals surface area contributed by atoms with Gasteiger partial charge in [-0.1, -0.05) is 12.8 Å². The molecule has 1 heterocycles. The molecule has 16 heavy (non-hydrogen) atoms. The fourth-order valence-corrected chi connectivity index (χ4v) is 3.40. The van der Waals surface area contributed by atoms with Crippen LogP contribution in [0.2, 0.25) is 0 Å². The lowest BCUT2D eigenvalue weighted by atomic mass is 9.86. The van der Waals surface area contributed by atoms with Gasteiger partial charge in [-0.3, -0.25) is 0 Å². The van der Waals surface area contributed by atoms with E-state index in [4.69, 9.17) is 5.73 Å². The molecule has 0 spiro atoms. The average molecular weight is 225 g/mol. The van der Waals surface area contributed by atoms with Gasteiger partial charge < -0.3 is 15.5 Å². The molecule has 1 saturated carbocycles. The van der Waals surface area contributed by atoms with E-state index in [2.05, 4.69) is 23.9 Å². The third-order valence-corrected chi connectivity index (χ3v) is 4.63. The van der Waals surface area contributed by atoms with Crippen LogP contribution in [0.5, 0.6) is 0 Å². The Morgan fingerprint density at radius 1 is 1.31 bits per heavy atom. The highest BCUT2D eigenvalue weighted by Gasteiger charge is 2.36. The molecule has 1 saturated heterocycles. The number of nitrogens with two attached hydrogens (primary N) is 1. The second kappa shape index (κ2) is 5.03. The van der Waals surface area contributed by atoms with Crippen LogP contribution in [0.3, 0.4) is 0 Å². The van der Waals surface area contributed by atoms with Crippen LogP contribution in [0.1, 0.15) is 32.1 Å². The summed E-state index contributed by atoms with van der Waals surface area (Å²) in [5, 5.41) is 0. The van der Waals surface area contributed by atoms with Gasteiger partial charge in [0, 0.05) is 19.1 Å². The summed E-state index contributed by atoms with van der Waals surface area (Å²) in [4.78, 5) is 5.01. The van der Waals surface area contributed by atoms with Crippen LogP contribution in [-0.2, 0) is 0 Å². The lowest BCUT2D eigenvalue weighted by Gasteiger charge is -2.32. The van der Waals surface area contributed by atoms with E-state index in [1.54, 1.807) is 0 Å². The van der Waals surface area contributed by atoms with Crippen molar-refractivity contribution < 1.29 is 0 Å². The van der Waals surface area contributed by atoms with Gasteiger partial charge in [-0.15, -0.1) is 0 Å². The zero-order valence-electron chi connectivity index (χ0n) is 10.9. The van der Waals surface area contributed by atoms with Crippen molar-refractivity contribution >= 4 is 0 Å². The van der Waals surface area contributed by atoms with E-state index in [0.717, 1.165) is 12.6 Å². The standard InChI is InChI=1S/C13H27N3/c1-15(2)12-5-8-16(9-12)11-13(10-14)6-3-4-7-13/h12H,3-11,14H2,1-2H3. The van der Waals surface area contributed by atoms with Crippen molar-refractivity contribution in [3.05, 3.63) is 0 Å². The van der Waals surface area contributed by atoms with Gasteiger partial charge in [-0.25, -0.2) is 0 Å². The van der Waals surface area contributed by atoms with Crippen molar-refractivity contribution in [3.8, 4) is 0 Å². The minimum absolute atomic E-state index is 0.460. The van der Waals surface area contributed by atoms with Crippen molar-refractivity contribution in [2.75, 3.05) is 40.3 Å². The second-order valence-corrected chi connectivity index (χ2v) is 6.05. The molecule has 0 radical (unpaired) electrons. The Hall–Kier alpha value is -0.120. The first-order valence-electron chi connectivity index (χ1n) is 6.74. The molecule has 2 rings (SSSR count). The summed E-state index contributed by atoms with van der Waals surface area (Å²) in [7, 11) is 4.39. The van der Waals surface area contributed by atoms with Gasteiger partial charge in [-0.05, 0) is 51.9 Å². The van der Waals surface area contributed by atoms with Crippen LogP contribution in [0.4, 0.5) is 0 Å². The molecular formula is C13H27N3. The number of nitrogens with zero attached hydrogens (tertiary/aromatic N) is 2. The van der Waals surface area contributed by atoms with Crippen molar-refractivity contribution in [3.63, 3.8) is 0 Å². The summed E-state index contributed by atoms with van der Waals surface area (Å²) in [6.45, 7) is 4.64. The minimum atomic E-state index is 0.460. The summed E-state index contributed by atoms with van der Waals surface area (Å²) in [5.41, 5.74) is 6.46. The Balaban J connectivity index is 1.86. The molecule has 94 valence electrons. The molecule has 1 aliphatic heterocycles. The fraction of sp³-hybridized carbons (Fsp3) is 1.00. The van der Waals surface area contributed by atoms with Crippen molar-refractivity contribution in [1.82, 2.24) is 9.80 Å². The van der Waals surface area contributed by atoms with Crippen LogP contribution >= 0.6 is 0 Å². The number of rotatable bonds is 4. The third-order valence-electron chi connectivity index (χ3n) is 4.63. The van der Waals surface area contributed by atoms with Crippen LogP contribution in [0.15, 0.2) is 0 Å². The summed E-state index contributed by atoms with van der Waals surface area (Å²) in [5.74, 6) is 0. The topological polar surface area (TPSA) is 32.5 Å². The Morgan fingerprint density at radius 3 is 2.50 bits per heavy atom. The Bertz CT molecular complexity index is 221. The summed E-state index contributed by atoms with van der Waals surface area (Å²) in [6, 6.07) is 0.760. The fourth-order valence-electron chi connectivity index (χ4n) is 3.40. The molecule has 2 N–H and O–H groups in total. The van der Waals surface area contributed by atoms with Crippen molar-refractivity contribution in [2.24, 2.45) is 11.1 Å². The first-order chi connectivity index (χ1) is 7.65. The lowest BCUT2D eigenvalue weighted by molar-refractivity contribution is 0.173. The average Bonchev–Trinajstić information content (AvgIpc) is 2.88. The molecule has 0 aromatic rings. The van der Waals surface area contributed by atoms with Crippen molar-refractivity contribution in [1.29, 1.82) is 0 Å². The highest BCUT2D eigenvalue weighted by atomic mass is 15.2. The maximum absolute atomic E-state index is 6.00. The molecule has 1 unspecified atom stereocenters. The Morgan fingerprint density at radius 2 is 2.00 bits per heavy atom. The Labute approximate surface area is 100.0 Å². The summed E-state index contributed by atoms with van der Waals surface area (Å²) < 4.78 is 0. The van der Waals surface area contributed by atoms with Crippen LogP contribution in [-0.4, -0.2) is 56.1 Å². The SMILES string of the molecule is CN(C)C1CCN(CC2(CN)CCCC2)C1. The molecule has 0 aromatic heterocycles. The predicted molar refractivity (Wildman–Crippen MR) is 68.5 cm³/mol. The van der Waals surface area contributed by atoms with Gasteiger partial charge in [-0.2, -0.15) is 0 Å². The molecule has 2 aliphatic rings. The molecular weight excluding hydrogens is 198 g/mol. The monoisotopic (exact) mass is 225 g/mol. The highest BCUT2D eigenvalue weighted by Crippen LogP contribution is 2.38. The van der Waals surface area contributed by atoms with Crippen molar-refractivity contribution in [2.45, 2.75) is 38.1 Å². The zero-order valence-corrected chi connectivity index (χ0v) is 10.9. The quantitative estimate of drug-likeness (QED) is 0.779. The number of likely N-dealkylation sites (tertiary alicyclic amines) is 1. The number of likely N-dealkylation sites (N-methyl/N-ethyl adjacent to an activating group) is 1. The Kier molecular flexibility index (Phi) is 3.88. The highest BCUT2D eigenvalue weighted by molar-refractivity contribution is 4.91. The number of hydrogen-bond donors (Lipinski definition) is 1. The second-order valence-electron chi connectivity index (χ2n) is 6.05. The van der Waals surface area contributed by atoms with Gasteiger partial charge in [0.2, 0.25) is 0 Å². The molecule has 0 bridgehead atoms. The van der Waals surface area contributed by atoms with Gasteiger partial charge >= 0.3 is 0 Å². The van der Waals surface area contributed by atoms with E-state index in [0.29, 0.717) is 5.41 Å². The minimum Gasteiger partial charge on any atom is -0.330 e. The number of hydrogen-bond acceptors (Lipinski definition) is 3. The summed E-state index contributed by atoms with van der Waals surface area (Å²) >= 11 is 0. The molecule has 3 heteroatoms. The van der Waals surface area contributed by atoms with E-state index in [1.165, 1.54) is 51.7 Å². The lowest BCUT2D eigenvalue weighted by Crippen LogP contribution is -2.41. The molecule has 0 aromatic carbocycles. The zero-order chi connectivity index (χ0) is 11.6. The van der Waals surface area contributed by atoms with Crippen LogP contribution < -0.4 is 5.73 Å². The molecule has 1 atom stereocenters. The maximum atomic E-state index is 6.00. The predicted octanol–water partition coefficient (Wildman–Crippen LogP) is 1.14. The smallest absolute Gasteiger partial charge is 0.0229 e. The van der Waals surface area contributed by atoms with E-state index in [9.17, 15) is 0 Å². The first-order valence-corrected chi connectivity index (χ1v) is 6.74. The van der Waals surface area contributed by atoms with Gasteiger partial charge in [0.05, 0.1) is 0 Å². The molecule has 1 aliphatic carbocycles. The van der Waals surface area contributed by atoms with E-state index >= 15 is 0 Å². The van der Waals surface area contributed by atoms with Crippen LogP contribution in [0.25, 0.3) is 0 Å². The largest absolute Gasteiger partial charge is 0.330 e. The van der Waals surface area contributed by atoms with E-state index < -0.39 is 0 Å². The van der Waals surface area contributed by atoms with Gasteiger partial charge in [0.25, 0.3) is 0 Å². The van der Waals surface area contributed by atoms with Crippen LogP contribution in [0, 0.1) is 5.41 Å². The van der Waals surface area contributed by atoms with E-state index in [-0.39, 0.29) is 0 Å². The normalized spacial score (nSPS) is 30.4. The summed E-state index contributed by atoms with van der Waals surface area (Å²) in [6.07, 6.45) is 6.82. The van der Waals surface area contributed by atoms with Gasteiger partial charge in [0.1, 0.15) is 0 Å².